The average molecular weight is 288 g/mol. The third kappa shape index (κ3) is 4.31. The van der Waals surface area contributed by atoms with E-state index < -0.39 is 0 Å². The van der Waals surface area contributed by atoms with Gasteiger partial charge in [-0.1, -0.05) is 19.9 Å². The summed E-state index contributed by atoms with van der Waals surface area (Å²) in [5.74, 6) is 0.768. The van der Waals surface area contributed by atoms with Crippen LogP contribution < -0.4 is 5.32 Å². The van der Waals surface area contributed by atoms with Gasteiger partial charge < -0.3 is 10.2 Å². The first kappa shape index (κ1) is 16.0. The molecule has 1 saturated heterocycles. The van der Waals surface area contributed by atoms with E-state index in [2.05, 4.69) is 33.0 Å². The highest BCUT2D eigenvalue weighted by Gasteiger charge is 2.24. The van der Waals surface area contributed by atoms with E-state index in [9.17, 15) is 4.79 Å². The van der Waals surface area contributed by atoms with Crippen molar-refractivity contribution in [3.63, 3.8) is 0 Å². The molecular weight excluding hydrogens is 260 g/mol. The molecule has 1 aliphatic rings. The van der Waals surface area contributed by atoms with Crippen molar-refractivity contribution in [1.82, 2.24) is 10.2 Å². The zero-order valence-corrected chi connectivity index (χ0v) is 13.8. The van der Waals surface area contributed by atoms with E-state index in [1.165, 1.54) is 17.5 Å². The lowest BCUT2D eigenvalue weighted by Crippen LogP contribution is -2.43. The molecule has 0 radical (unpaired) electrons. The van der Waals surface area contributed by atoms with Crippen molar-refractivity contribution in [2.45, 2.75) is 46.6 Å². The predicted octanol–water partition coefficient (Wildman–Crippen LogP) is 3.15. The first-order chi connectivity index (χ1) is 9.97. The summed E-state index contributed by atoms with van der Waals surface area (Å²) in [5.41, 5.74) is 3.26. The number of nitrogens with one attached hydrogen (secondary N) is 1. The lowest BCUT2D eigenvalue weighted by molar-refractivity contribution is 0.0672. The molecule has 3 heteroatoms. The Kier molecular flexibility index (Phi) is 5.40. The van der Waals surface area contributed by atoms with Crippen molar-refractivity contribution in [1.29, 1.82) is 0 Å². The largest absolute Gasteiger partial charge is 0.338 e. The van der Waals surface area contributed by atoms with E-state index in [4.69, 9.17) is 0 Å². The SMILES string of the molecule is Cc1ccc(C(=O)N2CCCC(CNC(C)C)C2)cc1C. The molecule has 1 heterocycles. The zero-order valence-electron chi connectivity index (χ0n) is 13.8. The van der Waals surface area contributed by atoms with Gasteiger partial charge in [-0.15, -0.1) is 0 Å². The maximum absolute atomic E-state index is 12.7. The Morgan fingerprint density at radius 1 is 1.33 bits per heavy atom. The highest BCUT2D eigenvalue weighted by Crippen LogP contribution is 2.19. The van der Waals surface area contributed by atoms with Crippen LogP contribution in [0.2, 0.25) is 0 Å². The fourth-order valence-corrected chi connectivity index (χ4v) is 2.88. The van der Waals surface area contributed by atoms with Crippen LogP contribution in [-0.2, 0) is 0 Å². The van der Waals surface area contributed by atoms with Crippen LogP contribution in [0, 0.1) is 19.8 Å². The molecule has 3 nitrogen and oxygen atoms in total. The number of rotatable bonds is 4. The number of piperidine rings is 1. The second kappa shape index (κ2) is 7.08. The van der Waals surface area contributed by atoms with Gasteiger partial charge in [-0.2, -0.15) is 0 Å². The number of benzene rings is 1. The molecule has 116 valence electrons. The number of hydrogen-bond acceptors (Lipinski definition) is 2. The maximum atomic E-state index is 12.7. The smallest absolute Gasteiger partial charge is 0.253 e. The molecule has 0 saturated carbocycles. The first-order valence-corrected chi connectivity index (χ1v) is 8.07. The molecular formula is C18H28N2O. The van der Waals surface area contributed by atoms with Gasteiger partial charge >= 0.3 is 0 Å². The van der Waals surface area contributed by atoms with E-state index in [1.54, 1.807) is 0 Å². The van der Waals surface area contributed by atoms with E-state index in [0.717, 1.165) is 31.6 Å². The Hall–Kier alpha value is -1.35. The second-order valence-electron chi connectivity index (χ2n) is 6.62. The van der Waals surface area contributed by atoms with Gasteiger partial charge in [-0.3, -0.25) is 4.79 Å². The molecule has 21 heavy (non-hydrogen) atoms. The quantitative estimate of drug-likeness (QED) is 0.923. The minimum Gasteiger partial charge on any atom is -0.338 e. The van der Waals surface area contributed by atoms with Crippen LogP contribution in [0.1, 0.15) is 48.2 Å². The Balaban J connectivity index is 1.99. The second-order valence-corrected chi connectivity index (χ2v) is 6.62. The number of amides is 1. The summed E-state index contributed by atoms with van der Waals surface area (Å²) in [6, 6.07) is 6.54. The number of likely N-dealkylation sites (tertiary alicyclic amines) is 1. The molecule has 1 aliphatic heterocycles. The summed E-state index contributed by atoms with van der Waals surface area (Å²) in [7, 11) is 0. The minimum atomic E-state index is 0.187. The van der Waals surface area contributed by atoms with Gasteiger partial charge in [0.1, 0.15) is 0 Å². The summed E-state index contributed by atoms with van der Waals surface area (Å²) in [4.78, 5) is 14.7. The van der Waals surface area contributed by atoms with Crippen molar-refractivity contribution in [2.75, 3.05) is 19.6 Å². The standard InChI is InChI=1S/C18H28N2O/c1-13(2)19-11-16-6-5-9-20(12-16)18(21)17-8-7-14(3)15(4)10-17/h7-8,10,13,16,19H,5-6,9,11-12H2,1-4H3. The van der Waals surface area contributed by atoms with Crippen LogP contribution in [0.5, 0.6) is 0 Å². The normalized spacial score (nSPS) is 19.1. The first-order valence-electron chi connectivity index (χ1n) is 8.07. The summed E-state index contributed by atoms with van der Waals surface area (Å²) < 4.78 is 0. The average Bonchev–Trinajstić information content (AvgIpc) is 2.47. The molecule has 2 rings (SSSR count). The van der Waals surface area contributed by atoms with Crippen LogP contribution in [0.3, 0.4) is 0 Å². The third-order valence-electron chi connectivity index (χ3n) is 4.37. The van der Waals surface area contributed by atoms with E-state index >= 15 is 0 Å². The molecule has 1 unspecified atom stereocenters. The summed E-state index contributed by atoms with van der Waals surface area (Å²) in [6.07, 6.45) is 2.33. The van der Waals surface area contributed by atoms with Gasteiger partial charge in [-0.05, 0) is 62.4 Å². The molecule has 0 spiro atoms. The van der Waals surface area contributed by atoms with Gasteiger partial charge in [0.15, 0.2) is 0 Å². The maximum Gasteiger partial charge on any atom is 0.253 e. The van der Waals surface area contributed by atoms with Crippen molar-refractivity contribution in [3.05, 3.63) is 34.9 Å². The van der Waals surface area contributed by atoms with E-state index in [0.29, 0.717) is 12.0 Å². The number of hydrogen-bond donors (Lipinski definition) is 1. The Morgan fingerprint density at radius 3 is 2.76 bits per heavy atom. The molecule has 0 aromatic heterocycles. The molecule has 0 bridgehead atoms. The van der Waals surface area contributed by atoms with E-state index in [-0.39, 0.29) is 5.91 Å². The highest BCUT2D eigenvalue weighted by molar-refractivity contribution is 5.94. The Labute approximate surface area is 128 Å². The molecule has 0 aliphatic carbocycles. The summed E-state index contributed by atoms with van der Waals surface area (Å²) in [5, 5.41) is 3.49. The zero-order chi connectivity index (χ0) is 15.4. The van der Waals surface area contributed by atoms with Crippen LogP contribution in [0.25, 0.3) is 0 Å². The molecule has 1 fully saturated rings. The lowest BCUT2D eigenvalue weighted by atomic mass is 9.96. The fourth-order valence-electron chi connectivity index (χ4n) is 2.88. The molecule has 1 aromatic rings. The van der Waals surface area contributed by atoms with Crippen LogP contribution in [-0.4, -0.2) is 36.5 Å². The van der Waals surface area contributed by atoms with Gasteiger partial charge in [-0.25, -0.2) is 0 Å². The van der Waals surface area contributed by atoms with Gasteiger partial charge in [0, 0.05) is 24.7 Å². The molecule has 1 atom stereocenters. The lowest BCUT2D eigenvalue weighted by Gasteiger charge is -2.33. The molecule has 1 aromatic carbocycles. The number of aryl methyl sites for hydroxylation is 2. The summed E-state index contributed by atoms with van der Waals surface area (Å²) >= 11 is 0. The Morgan fingerprint density at radius 2 is 2.10 bits per heavy atom. The van der Waals surface area contributed by atoms with Crippen LogP contribution >= 0.6 is 0 Å². The fraction of sp³-hybridized carbons (Fsp3) is 0.611. The van der Waals surface area contributed by atoms with Crippen molar-refractivity contribution < 1.29 is 4.79 Å². The van der Waals surface area contributed by atoms with Gasteiger partial charge in [0.2, 0.25) is 0 Å². The number of nitrogens with zero attached hydrogens (tertiary/aromatic N) is 1. The van der Waals surface area contributed by atoms with Gasteiger partial charge in [0.25, 0.3) is 5.91 Å². The number of carbonyl (C=O) groups excluding carboxylic acids is 1. The summed E-state index contributed by atoms with van der Waals surface area (Å²) in [6.45, 7) is 11.3. The monoisotopic (exact) mass is 288 g/mol. The van der Waals surface area contributed by atoms with Crippen molar-refractivity contribution >= 4 is 5.91 Å². The van der Waals surface area contributed by atoms with Crippen LogP contribution in [0.15, 0.2) is 18.2 Å². The van der Waals surface area contributed by atoms with Gasteiger partial charge in [0.05, 0.1) is 0 Å². The molecule has 1 amide bonds. The highest BCUT2D eigenvalue weighted by atomic mass is 16.2. The van der Waals surface area contributed by atoms with Crippen LogP contribution in [0.4, 0.5) is 0 Å². The van der Waals surface area contributed by atoms with Crippen molar-refractivity contribution in [2.24, 2.45) is 5.92 Å². The predicted molar refractivity (Wildman–Crippen MR) is 87.7 cm³/mol. The molecule has 1 N–H and O–H groups in total. The topological polar surface area (TPSA) is 32.3 Å². The number of carbonyl (C=O) groups is 1. The minimum absolute atomic E-state index is 0.187. The van der Waals surface area contributed by atoms with E-state index in [1.807, 2.05) is 23.1 Å². The third-order valence-corrected chi connectivity index (χ3v) is 4.37. The van der Waals surface area contributed by atoms with Crippen molar-refractivity contribution in [3.8, 4) is 0 Å². The Bertz CT molecular complexity index is 496.